The normalized spacial score (nSPS) is 11.4. The van der Waals surface area contributed by atoms with E-state index in [0.717, 1.165) is 0 Å². The summed E-state index contributed by atoms with van der Waals surface area (Å²) in [5, 5.41) is 20.5. The van der Waals surface area contributed by atoms with Gasteiger partial charge in [0.05, 0.1) is 0 Å². The van der Waals surface area contributed by atoms with Crippen LogP contribution in [-0.4, -0.2) is 40.6 Å². The number of aliphatic imine (C=N–C) groups is 1. The Balaban J connectivity index is 2.65. The highest BCUT2D eigenvalue weighted by Crippen LogP contribution is 2.11. The zero-order chi connectivity index (χ0) is 15.1. The number of nitrogens with two attached hydrogens (primary N) is 2. The van der Waals surface area contributed by atoms with E-state index in [0.29, 0.717) is 5.56 Å². The summed E-state index contributed by atoms with van der Waals surface area (Å²) >= 11 is 0. The van der Waals surface area contributed by atoms with Gasteiger partial charge in [-0.15, -0.1) is 0 Å². The summed E-state index contributed by atoms with van der Waals surface area (Å²) in [7, 11) is 0. The fourth-order valence-electron chi connectivity index (χ4n) is 1.47. The number of nitrogens with zero attached hydrogens (tertiary/aromatic N) is 1. The fraction of sp³-hybridized carbons (Fsp3) is 0.250. The van der Waals surface area contributed by atoms with Crippen LogP contribution in [0, 0.1) is 0 Å². The van der Waals surface area contributed by atoms with Gasteiger partial charge in [-0.05, 0) is 17.7 Å². The second kappa shape index (κ2) is 6.98. The molecule has 0 aliphatic carbocycles. The van der Waals surface area contributed by atoms with Crippen LogP contribution in [0.15, 0.2) is 29.3 Å². The number of carboxylic acids is 1. The number of guanidine groups is 1. The maximum atomic E-state index is 11.5. The average Bonchev–Trinajstić information content (AvgIpc) is 2.38. The summed E-state index contributed by atoms with van der Waals surface area (Å²) in [5.74, 6) is -1.93. The SMILES string of the molecule is NC(N)=NCC(=O)N[C@@H](Cc1ccc(O)cc1)C(=O)O. The van der Waals surface area contributed by atoms with Crippen LogP contribution >= 0.6 is 0 Å². The number of carboxylic acid groups (broad SMARTS) is 1. The van der Waals surface area contributed by atoms with E-state index in [-0.39, 0.29) is 24.7 Å². The zero-order valence-electron chi connectivity index (χ0n) is 10.6. The van der Waals surface area contributed by atoms with Crippen LogP contribution in [-0.2, 0) is 16.0 Å². The molecule has 0 aliphatic heterocycles. The second-order valence-electron chi connectivity index (χ2n) is 4.07. The number of phenolic OH excluding ortho intramolecular Hbond substituents is 1. The van der Waals surface area contributed by atoms with E-state index in [2.05, 4.69) is 10.3 Å². The molecule has 0 saturated carbocycles. The van der Waals surface area contributed by atoms with Crippen molar-refractivity contribution in [2.75, 3.05) is 6.54 Å². The van der Waals surface area contributed by atoms with Crippen molar-refractivity contribution in [2.45, 2.75) is 12.5 Å². The van der Waals surface area contributed by atoms with Gasteiger partial charge in [0.15, 0.2) is 5.96 Å². The van der Waals surface area contributed by atoms with Crippen LogP contribution in [0.4, 0.5) is 0 Å². The van der Waals surface area contributed by atoms with E-state index >= 15 is 0 Å². The molecule has 0 spiro atoms. The lowest BCUT2D eigenvalue weighted by Gasteiger charge is -2.14. The first-order valence-electron chi connectivity index (χ1n) is 5.74. The van der Waals surface area contributed by atoms with Crippen LogP contribution in [0.5, 0.6) is 5.75 Å². The van der Waals surface area contributed by atoms with E-state index in [1.54, 1.807) is 12.1 Å². The summed E-state index contributed by atoms with van der Waals surface area (Å²) in [5.41, 5.74) is 10.8. The van der Waals surface area contributed by atoms with Gasteiger partial charge in [0.2, 0.25) is 5.91 Å². The largest absolute Gasteiger partial charge is 0.508 e. The molecule has 1 rings (SSSR count). The topological polar surface area (TPSA) is 151 Å². The molecule has 0 radical (unpaired) electrons. The Morgan fingerprint density at radius 3 is 2.35 bits per heavy atom. The van der Waals surface area contributed by atoms with Gasteiger partial charge in [-0.1, -0.05) is 12.1 Å². The minimum absolute atomic E-state index is 0.0809. The Bertz CT molecular complexity index is 509. The molecule has 20 heavy (non-hydrogen) atoms. The Morgan fingerprint density at radius 2 is 1.85 bits per heavy atom. The molecule has 7 N–H and O–H groups in total. The van der Waals surface area contributed by atoms with Gasteiger partial charge in [-0.3, -0.25) is 4.79 Å². The number of phenols is 1. The number of nitrogens with one attached hydrogen (secondary N) is 1. The molecule has 0 heterocycles. The number of hydrogen-bond acceptors (Lipinski definition) is 4. The number of benzene rings is 1. The molecule has 0 aliphatic rings. The summed E-state index contributed by atoms with van der Waals surface area (Å²) in [6.45, 7) is -0.332. The number of aliphatic carboxylic acids is 1. The van der Waals surface area contributed by atoms with Crippen LogP contribution in [0.3, 0.4) is 0 Å². The molecule has 1 aromatic rings. The molecule has 108 valence electrons. The van der Waals surface area contributed by atoms with Crippen molar-refractivity contribution in [1.82, 2.24) is 5.32 Å². The van der Waals surface area contributed by atoms with Gasteiger partial charge in [0, 0.05) is 6.42 Å². The van der Waals surface area contributed by atoms with Gasteiger partial charge in [0.1, 0.15) is 18.3 Å². The maximum absolute atomic E-state index is 11.5. The molecule has 1 aromatic carbocycles. The fourth-order valence-corrected chi connectivity index (χ4v) is 1.47. The lowest BCUT2D eigenvalue weighted by molar-refractivity contribution is -0.141. The summed E-state index contributed by atoms with van der Waals surface area (Å²) in [4.78, 5) is 26.1. The summed E-state index contributed by atoms with van der Waals surface area (Å²) in [6, 6.07) is 4.94. The number of rotatable bonds is 6. The molecule has 8 heteroatoms. The number of carbonyl (C=O) groups excluding carboxylic acids is 1. The van der Waals surface area contributed by atoms with Crippen molar-refractivity contribution in [2.24, 2.45) is 16.5 Å². The van der Waals surface area contributed by atoms with Crippen molar-refractivity contribution in [3.05, 3.63) is 29.8 Å². The monoisotopic (exact) mass is 280 g/mol. The Labute approximate surface area is 115 Å². The van der Waals surface area contributed by atoms with E-state index in [4.69, 9.17) is 21.7 Å². The average molecular weight is 280 g/mol. The molecular formula is C12H16N4O4. The summed E-state index contributed by atoms with van der Waals surface area (Å²) in [6.07, 6.45) is 0.0865. The Hall–Kier alpha value is -2.77. The van der Waals surface area contributed by atoms with Crippen LogP contribution in [0.2, 0.25) is 0 Å². The third-order valence-corrected chi connectivity index (χ3v) is 2.41. The molecule has 1 amide bonds. The number of aromatic hydroxyl groups is 1. The van der Waals surface area contributed by atoms with Crippen molar-refractivity contribution < 1.29 is 19.8 Å². The van der Waals surface area contributed by atoms with E-state index < -0.39 is 17.9 Å². The number of amides is 1. The number of hydrogen-bond donors (Lipinski definition) is 5. The smallest absolute Gasteiger partial charge is 0.326 e. The third-order valence-electron chi connectivity index (χ3n) is 2.41. The van der Waals surface area contributed by atoms with E-state index in [1.807, 2.05) is 0 Å². The maximum Gasteiger partial charge on any atom is 0.326 e. The Kier molecular flexibility index (Phi) is 5.33. The first-order chi connectivity index (χ1) is 9.38. The lowest BCUT2D eigenvalue weighted by Crippen LogP contribution is -2.43. The molecule has 0 saturated heterocycles. The Morgan fingerprint density at radius 1 is 1.25 bits per heavy atom. The highest BCUT2D eigenvalue weighted by Gasteiger charge is 2.20. The minimum Gasteiger partial charge on any atom is -0.508 e. The predicted octanol–water partition coefficient (Wildman–Crippen LogP) is -1.22. The highest BCUT2D eigenvalue weighted by atomic mass is 16.4. The first kappa shape index (κ1) is 15.3. The molecule has 0 unspecified atom stereocenters. The minimum atomic E-state index is -1.17. The van der Waals surface area contributed by atoms with Crippen LogP contribution in [0.25, 0.3) is 0 Å². The van der Waals surface area contributed by atoms with E-state index in [1.165, 1.54) is 12.1 Å². The van der Waals surface area contributed by atoms with Crippen molar-refractivity contribution in [1.29, 1.82) is 0 Å². The first-order valence-corrected chi connectivity index (χ1v) is 5.74. The molecule has 0 aromatic heterocycles. The molecule has 0 fully saturated rings. The van der Waals surface area contributed by atoms with Crippen molar-refractivity contribution in [3.8, 4) is 5.75 Å². The van der Waals surface area contributed by atoms with Gasteiger partial charge in [-0.25, -0.2) is 9.79 Å². The number of carbonyl (C=O) groups is 2. The quantitative estimate of drug-likeness (QED) is 0.325. The predicted molar refractivity (Wildman–Crippen MR) is 72.1 cm³/mol. The molecular weight excluding hydrogens is 264 g/mol. The van der Waals surface area contributed by atoms with Gasteiger partial charge >= 0.3 is 5.97 Å². The van der Waals surface area contributed by atoms with Gasteiger partial charge in [0.25, 0.3) is 0 Å². The van der Waals surface area contributed by atoms with E-state index in [9.17, 15) is 9.59 Å². The van der Waals surface area contributed by atoms with Crippen molar-refractivity contribution >= 4 is 17.8 Å². The third kappa shape index (κ3) is 5.25. The zero-order valence-corrected chi connectivity index (χ0v) is 10.6. The highest BCUT2D eigenvalue weighted by molar-refractivity contribution is 5.86. The lowest BCUT2D eigenvalue weighted by atomic mass is 10.1. The van der Waals surface area contributed by atoms with Gasteiger partial charge in [-0.2, -0.15) is 0 Å². The molecule has 8 nitrogen and oxygen atoms in total. The molecule has 1 atom stereocenters. The standard InChI is InChI=1S/C12H16N4O4/c13-12(14)15-6-10(18)16-9(11(19)20)5-7-1-3-8(17)4-2-7/h1-4,9,17H,5-6H2,(H,16,18)(H,19,20)(H4,13,14,15)/t9-/m0/s1. The molecule has 0 bridgehead atoms. The van der Waals surface area contributed by atoms with Crippen LogP contribution in [0.1, 0.15) is 5.56 Å². The van der Waals surface area contributed by atoms with Crippen LogP contribution < -0.4 is 16.8 Å². The van der Waals surface area contributed by atoms with Gasteiger partial charge < -0.3 is 27.0 Å². The second-order valence-corrected chi connectivity index (χ2v) is 4.07. The van der Waals surface area contributed by atoms with Crippen molar-refractivity contribution in [3.63, 3.8) is 0 Å². The summed E-state index contributed by atoms with van der Waals surface area (Å²) < 4.78 is 0.